The monoisotopic (exact) mass is 278 g/mol. The van der Waals surface area contributed by atoms with E-state index in [-0.39, 0.29) is 19.1 Å². The van der Waals surface area contributed by atoms with Crippen LogP contribution in [0.2, 0.25) is 0 Å². The normalized spacial score (nSPS) is 10.2. The molecule has 0 saturated heterocycles. The molecule has 100 valence electrons. The summed E-state index contributed by atoms with van der Waals surface area (Å²) in [5.41, 5.74) is 3.01. The van der Waals surface area contributed by atoms with E-state index in [1.165, 1.54) is 11.3 Å². The van der Waals surface area contributed by atoms with Crippen molar-refractivity contribution in [2.45, 2.75) is 6.61 Å². The highest BCUT2D eigenvalue weighted by molar-refractivity contribution is 7.07. The van der Waals surface area contributed by atoms with Crippen molar-refractivity contribution < 1.29 is 14.6 Å². The molecule has 0 aliphatic rings. The van der Waals surface area contributed by atoms with Crippen molar-refractivity contribution in [2.24, 2.45) is 0 Å². The molecule has 1 amide bonds. The Morgan fingerprint density at radius 2 is 2.26 bits per heavy atom. The van der Waals surface area contributed by atoms with Gasteiger partial charge >= 0.3 is 0 Å². The van der Waals surface area contributed by atoms with Crippen LogP contribution in [0.1, 0.15) is 16.1 Å². The average Bonchev–Trinajstić information content (AvgIpc) is 2.96. The molecular weight excluding hydrogens is 264 g/mol. The van der Waals surface area contributed by atoms with E-state index in [0.29, 0.717) is 17.9 Å². The molecule has 0 unspecified atom stereocenters. The summed E-state index contributed by atoms with van der Waals surface area (Å²) in [5, 5.41) is 13.2. The van der Waals surface area contributed by atoms with Gasteiger partial charge in [0.2, 0.25) is 0 Å². The van der Waals surface area contributed by atoms with Gasteiger partial charge in [0.15, 0.2) is 0 Å². The van der Waals surface area contributed by atoms with Gasteiger partial charge in [-0.1, -0.05) is 12.1 Å². The summed E-state index contributed by atoms with van der Waals surface area (Å²) in [5.74, 6) is 0.244. The van der Waals surface area contributed by atoms with Crippen molar-refractivity contribution in [1.29, 1.82) is 0 Å². The van der Waals surface area contributed by atoms with Crippen LogP contribution in [0.25, 0.3) is 0 Å². The molecule has 2 N–H and O–H groups in total. The molecule has 1 aromatic heterocycles. The van der Waals surface area contributed by atoms with Crippen molar-refractivity contribution in [3.05, 3.63) is 46.4 Å². The van der Waals surface area contributed by atoms with Crippen LogP contribution >= 0.6 is 11.3 Å². The Morgan fingerprint density at radius 3 is 3.00 bits per heavy atom. The fraction of sp³-hybridized carbons (Fsp3) is 0.231. The first-order valence-electron chi connectivity index (χ1n) is 5.79. The van der Waals surface area contributed by atoms with Gasteiger partial charge in [0.1, 0.15) is 12.4 Å². The average molecular weight is 278 g/mol. The Balaban J connectivity index is 2.05. The van der Waals surface area contributed by atoms with Crippen LogP contribution in [-0.2, 0) is 6.61 Å². The molecule has 0 bridgehead atoms. The molecule has 0 aliphatic heterocycles. The predicted molar refractivity (Wildman–Crippen MR) is 72.3 cm³/mol. The van der Waals surface area contributed by atoms with E-state index in [9.17, 15) is 4.79 Å². The Hall–Kier alpha value is -1.92. The number of aliphatic hydroxyl groups is 1. The molecule has 0 atom stereocenters. The zero-order valence-corrected chi connectivity index (χ0v) is 11.0. The van der Waals surface area contributed by atoms with Gasteiger partial charge in [-0.3, -0.25) is 4.79 Å². The quantitative estimate of drug-likeness (QED) is 0.839. The Kier molecular flexibility index (Phi) is 4.88. The second kappa shape index (κ2) is 6.86. The predicted octanol–water partition coefficient (Wildman–Crippen LogP) is 1.44. The van der Waals surface area contributed by atoms with Crippen LogP contribution in [-0.4, -0.2) is 29.1 Å². The minimum Gasteiger partial charge on any atom is -0.486 e. The van der Waals surface area contributed by atoms with E-state index in [2.05, 4.69) is 10.3 Å². The van der Waals surface area contributed by atoms with E-state index in [4.69, 9.17) is 9.84 Å². The lowest BCUT2D eigenvalue weighted by Gasteiger charge is -2.10. The van der Waals surface area contributed by atoms with Gasteiger partial charge in [-0.25, -0.2) is 4.98 Å². The maximum Gasteiger partial charge on any atom is 0.255 e. The largest absolute Gasteiger partial charge is 0.486 e. The van der Waals surface area contributed by atoms with Gasteiger partial charge in [-0.05, 0) is 12.1 Å². The van der Waals surface area contributed by atoms with Gasteiger partial charge in [0.25, 0.3) is 5.91 Å². The lowest BCUT2D eigenvalue weighted by molar-refractivity contribution is 0.0940. The summed E-state index contributed by atoms with van der Waals surface area (Å²) in [4.78, 5) is 16.0. The zero-order valence-electron chi connectivity index (χ0n) is 10.2. The number of carbonyl (C=O) groups excluding carboxylic acids is 1. The topological polar surface area (TPSA) is 71.5 Å². The van der Waals surface area contributed by atoms with Crippen LogP contribution in [0.15, 0.2) is 35.2 Å². The Labute approximate surface area is 114 Å². The summed E-state index contributed by atoms with van der Waals surface area (Å²) < 4.78 is 5.60. The minimum atomic E-state index is -0.261. The molecule has 5 nitrogen and oxygen atoms in total. The van der Waals surface area contributed by atoms with Crippen LogP contribution < -0.4 is 10.1 Å². The van der Waals surface area contributed by atoms with Gasteiger partial charge in [0.05, 0.1) is 23.4 Å². The first-order chi connectivity index (χ1) is 9.31. The number of carbonyl (C=O) groups is 1. The number of rotatable bonds is 6. The third-order valence-corrected chi connectivity index (χ3v) is 3.02. The maximum atomic E-state index is 11.9. The van der Waals surface area contributed by atoms with Crippen LogP contribution in [0.3, 0.4) is 0 Å². The highest BCUT2D eigenvalue weighted by Crippen LogP contribution is 2.19. The number of aliphatic hydroxyl groups excluding tert-OH is 1. The number of nitrogens with one attached hydrogen (secondary N) is 1. The lowest BCUT2D eigenvalue weighted by Crippen LogP contribution is -2.26. The first kappa shape index (κ1) is 13.5. The van der Waals surface area contributed by atoms with E-state index >= 15 is 0 Å². The second-order valence-corrected chi connectivity index (χ2v) is 4.46. The van der Waals surface area contributed by atoms with Crippen LogP contribution in [0.4, 0.5) is 0 Å². The molecule has 2 rings (SSSR count). The van der Waals surface area contributed by atoms with Gasteiger partial charge in [0, 0.05) is 11.9 Å². The number of ether oxygens (including phenoxy) is 1. The SMILES string of the molecule is O=C(NCCO)c1ccccc1OCc1cscn1. The molecule has 19 heavy (non-hydrogen) atoms. The number of para-hydroxylation sites is 1. The third-order valence-electron chi connectivity index (χ3n) is 2.39. The third kappa shape index (κ3) is 3.77. The molecule has 2 aromatic rings. The molecule has 0 saturated carbocycles. The molecule has 1 heterocycles. The number of thiazole rings is 1. The van der Waals surface area contributed by atoms with Crippen molar-refractivity contribution in [3.8, 4) is 5.75 Å². The van der Waals surface area contributed by atoms with E-state index in [1.54, 1.807) is 29.8 Å². The molecular formula is C13H14N2O3S. The smallest absolute Gasteiger partial charge is 0.255 e. The zero-order chi connectivity index (χ0) is 13.5. The highest BCUT2D eigenvalue weighted by Gasteiger charge is 2.11. The number of nitrogens with zero attached hydrogens (tertiary/aromatic N) is 1. The lowest BCUT2D eigenvalue weighted by atomic mass is 10.2. The van der Waals surface area contributed by atoms with Gasteiger partial charge in [-0.2, -0.15) is 0 Å². The highest BCUT2D eigenvalue weighted by atomic mass is 32.1. The summed E-state index contributed by atoms with van der Waals surface area (Å²) in [6, 6.07) is 6.99. The molecule has 1 aromatic carbocycles. The fourth-order valence-corrected chi connectivity index (χ4v) is 2.05. The van der Waals surface area contributed by atoms with E-state index < -0.39 is 0 Å². The van der Waals surface area contributed by atoms with Crippen molar-refractivity contribution in [1.82, 2.24) is 10.3 Å². The summed E-state index contributed by atoms with van der Waals surface area (Å²) in [6.45, 7) is 0.459. The van der Waals surface area contributed by atoms with Crippen molar-refractivity contribution >= 4 is 17.2 Å². The molecule has 0 fully saturated rings. The molecule has 6 heteroatoms. The maximum absolute atomic E-state index is 11.9. The molecule has 0 radical (unpaired) electrons. The number of aromatic nitrogens is 1. The summed E-state index contributed by atoms with van der Waals surface area (Å²) in [6.07, 6.45) is 0. The van der Waals surface area contributed by atoms with Crippen molar-refractivity contribution in [2.75, 3.05) is 13.2 Å². The summed E-state index contributed by atoms with van der Waals surface area (Å²) in [7, 11) is 0. The Bertz CT molecular complexity index is 528. The van der Waals surface area contributed by atoms with Gasteiger partial charge in [-0.15, -0.1) is 11.3 Å². The Morgan fingerprint density at radius 1 is 1.42 bits per heavy atom. The standard InChI is InChI=1S/C13H14N2O3S/c16-6-5-14-13(17)11-3-1-2-4-12(11)18-7-10-8-19-9-15-10/h1-4,8-9,16H,5-7H2,(H,14,17). The van der Waals surface area contributed by atoms with Crippen molar-refractivity contribution in [3.63, 3.8) is 0 Å². The summed E-state index contributed by atoms with van der Waals surface area (Å²) >= 11 is 1.50. The molecule has 0 aliphatic carbocycles. The number of benzene rings is 1. The van der Waals surface area contributed by atoms with Crippen LogP contribution in [0.5, 0.6) is 5.75 Å². The second-order valence-electron chi connectivity index (χ2n) is 3.74. The van der Waals surface area contributed by atoms with Crippen LogP contribution in [0, 0.1) is 0 Å². The minimum absolute atomic E-state index is 0.0897. The number of hydrogen-bond donors (Lipinski definition) is 2. The van der Waals surface area contributed by atoms with Gasteiger partial charge < -0.3 is 15.2 Å². The first-order valence-corrected chi connectivity index (χ1v) is 6.73. The fourth-order valence-electron chi connectivity index (χ4n) is 1.51. The molecule has 0 spiro atoms. The number of hydrogen-bond acceptors (Lipinski definition) is 5. The number of amides is 1. The van der Waals surface area contributed by atoms with E-state index in [1.807, 2.05) is 5.38 Å². The van der Waals surface area contributed by atoms with E-state index in [0.717, 1.165) is 5.69 Å².